The molecular weight excluding hydrogens is 286 g/mol. The van der Waals surface area contributed by atoms with Gasteiger partial charge in [0.15, 0.2) is 0 Å². The van der Waals surface area contributed by atoms with E-state index in [-0.39, 0.29) is 6.61 Å². The standard InChI is InChI=1S/C19H19N3O/c1-3-13-8-9-16-17(13)19-15(10-20-16)18(21-22(19)2)14-6-4-12(11-23)5-7-14/h4-8,10,23H,3,9,11H2,1-2H3. The van der Waals surface area contributed by atoms with Crippen molar-refractivity contribution in [3.63, 3.8) is 0 Å². The Morgan fingerprint density at radius 1 is 1.22 bits per heavy atom. The van der Waals surface area contributed by atoms with Crippen molar-refractivity contribution in [3.05, 3.63) is 53.4 Å². The molecule has 4 heteroatoms. The van der Waals surface area contributed by atoms with Crippen LogP contribution >= 0.6 is 0 Å². The summed E-state index contributed by atoms with van der Waals surface area (Å²) in [5, 5.41) is 15.0. The van der Waals surface area contributed by atoms with Gasteiger partial charge in [0.1, 0.15) is 5.69 Å². The summed E-state index contributed by atoms with van der Waals surface area (Å²) in [6.45, 7) is 2.24. The van der Waals surface area contributed by atoms with E-state index in [4.69, 9.17) is 5.10 Å². The van der Waals surface area contributed by atoms with Gasteiger partial charge in [-0.3, -0.25) is 9.67 Å². The van der Waals surface area contributed by atoms with Gasteiger partial charge in [-0.05, 0) is 17.6 Å². The normalized spacial score (nSPS) is 13.4. The molecule has 116 valence electrons. The Hall–Kier alpha value is -2.46. The van der Waals surface area contributed by atoms with Crippen LogP contribution in [0.4, 0.5) is 0 Å². The Morgan fingerprint density at radius 3 is 2.70 bits per heavy atom. The predicted octanol–water partition coefficient (Wildman–Crippen LogP) is 3.48. The van der Waals surface area contributed by atoms with Crippen LogP contribution in [0.1, 0.15) is 30.2 Å². The zero-order chi connectivity index (χ0) is 16.0. The lowest BCUT2D eigenvalue weighted by atomic mass is 10.0. The molecule has 0 spiro atoms. The summed E-state index contributed by atoms with van der Waals surface area (Å²) in [6, 6.07) is 7.90. The van der Waals surface area contributed by atoms with E-state index in [1.54, 1.807) is 0 Å². The van der Waals surface area contributed by atoms with E-state index in [9.17, 15) is 5.11 Å². The van der Waals surface area contributed by atoms with Crippen molar-refractivity contribution in [2.45, 2.75) is 26.4 Å². The number of benzene rings is 1. The predicted molar refractivity (Wildman–Crippen MR) is 91.8 cm³/mol. The lowest BCUT2D eigenvalue weighted by molar-refractivity contribution is 0.282. The van der Waals surface area contributed by atoms with Gasteiger partial charge in [0.25, 0.3) is 0 Å². The summed E-state index contributed by atoms with van der Waals surface area (Å²) >= 11 is 0. The Balaban J connectivity index is 1.95. The number of pyridine rings is 1. The number of aryl methyl sites for hydroxylation is 1. The van der Waals surface area contributed by atoms with Gasteiger partial charge in [0.2, 0.25) is 0 Å². The van der Waals surface area contributed by atoms with Crippen molar-refractivity contribution < 1.29 is 5.11 Å². The summed E-state index contributed by atoms with van der Waals surface area (Å²) in [6.07, 6.45) is 6.16. The van der Waals surface area contributed by atoms with Crippen LogP contribution in [0.2, 0.25) is 0 Å². The molecule has 1 aliphatic carbocycles. The summed E-state index contributed by atoms with van der Waals surface area (Å²) in [7, 11) is 2.00. The van der Waals surface area contributed by atoms with Crippen LogP contribution in [0.5, 0.6) is 0 Å². The first kappa shape index (κ1) is 14.2. The maximum absolute atomic E-state index is 9.20. The van der Waals surface area contributed by atoms with E-state index in [0.717, 1.165) is 40.7 Å². The molecule has 0 unspecified atom stereocenters. The zero-order valence-electron chi connectivity index (χ0n) is 13.4. The molecule has 1 N–H and O–H groups in total. The first-order valence-corrected chi connectivity index (χ1v) is 7.97. The highest BCUT2D eigenvalue weighted by Crippen LogP contribution is 2.37. The highest BCUT2D eigenvalue weighted by molar-refractivity contribution is 6.00. The number of aliphatic hydroxyl groups is 1. The van der Waals surface area contributed by atoms with Crippen LogP contribution in [0.3, 0.4) is 0 Å². The summed E-state index contributed by atoms with van der Waals surface area (Å²) in [5.74, 6) is 0. The van der Waals surface area contributed by atoms with E-state index in [1.165, 1.54) is 16.7 Å². The van der Waals surface area contributed by atoms with Gasteiger partial charge in [0, 0.05) is 36.2 Å². The smallest absolute Gasteiger partial charge is 0.102 e. The molecule has 4 rings (SSSR count). The molecule has 0 aliphatic heterocycles. The number of fused-ring (bicyclic) bond motifs is 3. The minimum absolute atomic E-state index is 0.0585. The molecule has 23 heavy (non-hydrogen) atoms. The van der Waals surface area contributed by atoms with Crippen LogP contribution in [-0.2, 0) is 20.1 Å². The SMILES string of the molecule is CCC1=CCc2ncc3c(-c4ccc(CO)cc4)nn(C)c3c21. The number of hydrogen-bond acceptors (Lipinski definition) is 3. The Bertz CT molecular complexity index is 920. The molecule has 0 atom stereocenters. The van der Waals surface area contributed by atoms with Crippen molar-refractivity contribution >= 4 is 16.5 Å². The fraction of sp³-hybridized carbons (Fsp3) is 0.263. The van der Waals surface area contributed by atoms with Gasteiger partial charge < -0.3 is 5.11 Å². The summed E-state index contributed by atoms with van der Waals surface area (Å²) in [4.78, 5) is 4.67. The summed E-state index contributed by atoms with van der Waals surface area (Å²) < 4.78 is 1.97. The second kappa shape index (κ2) is 5.32. The molecule has 0 radical (unpaired) electrons. The second-order valence-electron chi connectivity index (χ2n) is 5.96. The fourth-order valence-electron chi connectivity index (χ4n) is 3.42. The van der Waals surface area contributed by atoms with Crippen molar-refractivity contribution in [1.29, 1.82) is 0 Å². The van der Waals surface area contributed by atoms with Gasteiger partial charge in [0.05, 0.1) is 17.8 Å². The van der Waals surface area contributed by atoms with Crippen molar-refractivity contribution in [2.24, 2.45) is 7.05 Å². The monoisotopic (exact) mass is 305 g/mol. The molecule has 1 aliphatic rings. The highest BCUT2D eigenvalue weighted by Gasteiger charge is 2.22. The van der Waals surface area contributed by atoms with Crippen LogP contribution in [0.15, 0.2) is 36.5 Å². The molecule has 2 aromatic heterocycles. The number of allylic oxidation sites excluding steroid dienone is 2. The summed E-state index contributed by atoms with van der Waals surface area (Å²) in [5.41, 5.74) is 7.85. The third-order valence-electron chi connectivity index (χ3n) is 4.61. The Morgan fingerprint density at radius 2 is 2.00 bits per heavy atom. The van der Waals surface area contributed by atoms with Gasteiger partial charge in [-0.1, -0.05) is 37.3 Å². The van der Waals surface area contributed by atoms with Gasteiger partial charge >= 0.3 is 0 Å². The van der Waals surface area contributed by atoms with Crippen molar-refractivity contribution in [2.75, 3.05) is 0 Å². The largest absolute Gasteiger partial charge is 0.392 e. The third kappa shape index (κ3) is 2.10. The molecule has 4 nitrogen and oxygen atoms in total. The van der Waals surface area contributed by atoms with E-state index in [1.807, 2.05) is 42.2 Å². The molecular formula is C19H19N3O. The van der Waals surface area contributed by atoms with E-state index in [0.29, 0.717) is 0 Å². The fourth-order valence-corrected chi connectivity index (χ4v) is 3.42. The molecule has 0 saturated heterocycles. The van der Waals surface area contributed by atoms with E-state index < -0.39 is 0 Å². The van der Waals surface area contributed by atoms with Crippen LogP contribution in [-0.4, -0.2) is 19.9 Å². The number of hydrogen-bond donors (Lipinski definition) is 1. The molecule has 1 aromatic carbocycles. The first-order chi connectivity index (χ1) is 11.2. The van der Waals surface area contributed by atoms with Crippen LogP contribution in [0, 0.1) is 0 Å². The maximum atomic E-state index is 9.20. The maximum Gasteiger partial charge on any atom is 0.102 e. The zero-order valence-corrected chi connectivity index (χ0v) is 13.4. The van der Waals surface area contributed by atoms with Crippen molar-refractivity contribution in [3.8, 4) is 11.3 Å². The number of rotatable bonds is 3. The van der Waals surface area contributed by atoms with Crippen LogP contribution in [0.25, 0.3) is 27.7 Å². The van der Waals surface area contributed by atoms with E-state index in [2.05, 4.69) is 18.0 Å². The number of aliphatic hydroxyl groups excluding tert-OH is 1. The molecule has 0 fully saturated rings. The van der Waals surface area contributed by atoms with Gasteiger partial charge in [-0.15, -0.1) is 0 Å². The van der Waals surface area contributed by atoms with Gasteiger partial charge in [-0.2, -0.15) is 5.10 Å². The molecule has 3 aromatic rings. The lowest BCUT2D eigenvalue weighted by Crippen LogP contribution is -1.96. The second-order valence-corrected chi connectivity index (χ2v) is 5.96. The van der Waals surface area contributed by atoms with Gasteiger partial charge in [-0.25, -0.2) is 0 Å². The van der Waals surface area contributed by atoms with Crippen molar-refractivity contribution in [1.82, 2.24) is 14.8 Å². The number of nitrogens with zero attached hydrogens (tertiary/aromatic N) is 3. The quantitative estimate of drug-likeness (QED) is 0.806. The Kier molecular flexibility index (Phi) is 3.27. The number of aromatic nitrogens is 3. The average Bonchev–Trinajstić information content (AvgIpc) is 3.15. The molecule has 0 bridgehead atoms. The Labute approximate surface area is 135 Å². The third-order valence-corrected chi connectivity index (χ3v) is 4.61. The molecule has 0 amide bonds. The minimum atomic E-state index is 0.0585. The molecule has 0 saturated carbocycles. The minimum Gasteiger partial charge on any atom is -0.392 e. The highest BCUT2D eigenvalue weighted by atomic mass is 16.3. The van der Waals surface area contributed by atoms with Crippen LogP contribution < -0.4 is 0 Å². The molecule has 2 heterocycles. The lowest BCUT2D eigenvalue weighted by Gasteiger charge is -2.06. The van der Waals surface area contributed by atoms with E-state index >= 15 is 0 Å². The average molecular weight is 305 g/mol. The topological polar surface area (TPSA) is 50.9 Å². The first-order valence-electron chi connectivity index (χ1n) is 7.97.